The van der Waals surface area contributed by atoms with E-state index >= 15 is 4.39 Å². The number of fused-ring (bicyclic) bond motifs is 3. The van der Waals surface area contributed by atoms with Crippen LogP contribution in [0.5, 0.6) is 0 Å². The Morgan fingerprint density at radius 3 is 2.61 bits per heavy atom. The highest BCUT2D eigenvalue weighted by Crippen LogP contribution is 2.62. The number of nitrogens with one attached hydrogen (secondary N) is 2. The van der Waals surface area contributed by atoms with Crippen molar-refractivity contribution in [3.05, 3.63) is 39.7 Å². The first-order chi connectivity index (χ1) is 20.9. The summed E-state index contributed by atoms with van der Waals surface area (Å²) in [5.74, 6) is -0.247. The zero-order chi connectivity index (χ0) is 31.1. The Hall–Kier alpha value is -2.59. The fourth-order valence-corrected chi connectivity index (χ4v) is 7.68. The van der Waals surface area contributed by atoms with Crippen LogP contribution in [0.4, 0.5) is 10.3 Å². The van der Waals surface area contributed by atoms with Crippen LogP contribution < -0.4 is 16.9 Å². The molecule has 1 saturated carbocycles. The molecule has 1 aliphatic carbocycles. The number of anilines is 1. The molecule has 0 radical (unpaired) electrons. The number of alkyl halides is 1. The minimum Gasteiger partial charge on any atom is -0.384 e. The first kappa shape index (κ1) is 30.1. The van der Waals surface area contributed by atoms with Crippen molar-refractivity contribution in [1.82, 2.24) is 39.0 Å². The van der Waals surface area contributed by atoms with Crippen molar-refractivity contribution in [1.29, 1.82) is 0 Å². The van der Waals surface area contributed by atoms with E-state index in [1.807, 2.05) is 0 Å². The fourth-order valence-electron chi connectivity index (χ4n) is 5.43. The molecule has 10 atom stereocenters. The predicted molar refractivity (Wildman–Crippen MR) is 153 cm³/mol. The number of nitrogens with two attached hydrogens (primary N) is 1. The molecule has 24 heteroatoms. The normalized spacial score (nSPS) is 33.5. The lowest BCUT2D eigenvalue weighted by Gasteiger charge is -2.26. The summed E-state index contributed by atoms with van der Waals surface area (Å²) in [5.41, 5.74) is 3.10. The first-order valence-electron chi connectivity index (χ1n) is 12.7. The van der Waals surface area contributed by atoms with Crippen molar-refractivity contribution in [2.75, 3.05) is 12.3 Å². The molecule has 3 aliphatic rings. The average molecular weight is 694 g/mol. The number of imidazole rings is 2. The maximum Gasteiger partial charge on any atom is 0.325 e. The van der Waals surface area contributed by atoms with Gasteiger partial charge in [0.25, 0.3) is 11.1 Å². The summed E-state index contributed by atoms with van der Waals surface area (Å²) in [4.78, 5) is 65.6. The SMILES string of the molecule is Nc1nc2c(ncn2[C@@H]2O[C@H](CO[PH](O)=S)[C@@H](F)[C@H]2OP(O)(=S)OC2[C@H]3O[C@@H](n4cnc5c(=O)[nH]cnc54)C[C@@]23O)c(=O)[nH]1. The van der Waals surface area contributed by atoms with Gasteiger partial charge in [0.1, 0.15) is 36.2 Å². The van der Waals surface area contributed by atoms with Gasteiger partial charge in [0.15, 0.2) is 41.9 Å². The molecule has 7 rings (SSSR count). The number of aromatic amines is 2. The van der Waals surface area contributed by atoms with E-state index in [1.54, 1.807) is 0 Å². The molecule has 0 amide bonds. The van der Waals surface area contributed by atoms with Gasteiger partial charge in [-0.25, -0.2) is 19.3 Å². The Bertz CT molecular complexity index is 1970. The maximum absolute atomic E-state index is 15.8. The first-order valence-corrected chi connectivity index (χ1v) is 17.8. The molecule has 2 aliphatic heterocycles. The van der Waals surface area contributed by atoms with Crippen LogP contribution in [0.25, 0.3) is 22.3 Å². The van der Waals surface area contributed by atoms with E-state index < -0.39 is 80.2 Å². The molecule has 2 saturated heterocycles. The number of nitrogens with zero attached hydrogens (tertiary/aromatic N) is 6. The minimum atomic E-state index is -4.33. The summed E-state index contributed by atoms with van der Waals surface area (Å²) < 4.78 is 46.3. The van der Waals surface area contributed by atoms with Gasteiger partial charge < -0.3 is 39.6 Å². The van der Waals surface area contributed by atoms with Crippen LogP contribution in [-0.4, -0.2) is 96.7 Å². The maximum atomic E-state index is 15.8. The molecule has 3 fully saturated rings. The molecule has 0 bridgehead atoms. The number of H-pyrrole nitrogens is 2. The third kappa shape index (κ3) is 5.04. The van der Waals surface area contributed by atoms with Crippen LogP contribution >= 0.6 is 13.9 Å². The second-order valence-electron chi connectivity index (χ2n) is 10.2. The molecule has 236 valence electrons. The van der Waals surface area contributed by atoms with E-state index in [9.17, 15) is 24.5 Å². The number of rotatable bonds is 9. The Labute approximate surface area is 254 Å². The standard InChI is InChI=1S/C20H22FN9O10P2S2/c21-8-6(2-36-41(34)43)37-18(30-5-26-10-15(30)27-19(22)28-17(10)32)11(8)39-42(35,44)40-13-12-20(13,33)1-7(38-12)29-4-25-9-14(29)23-3-24-16(9)31/h3-8,11-13,18,33,41H,1-2H2,(H,34,43)(H,35,44)(H,23,24,31)(H3,22,27,28,32)/t6-,7-,8-,11-,12-,13?,18-,20+,42?/m1/s1. The number of hydrogen-bond donors (Lipinski definition) is 6. The lowest BCUT2D eigenvalue weighted by atomic mass is 10.1. The van der Waals surface area contributed by atoms with Crippen LogP contribution in [0.15, 0.2) is 28.6 Å². The second-order valence-corrected chi connectivity index (χ2v) is 14.8. The van der Waals surface area contributed by atoms with Crippen LogP contribution in [0.2, 0.25) is 0 Å². The average Bonchev–Trinajstić information content (AvgIpc) is 3.52. The van der Waals surface area contributed by atoms with Gasteiger partial charge in [0.05, 0.1) is 25.6 Å². The monoisotopic (exact) mass is 693 g/mol. The molecule has 44 heavy (non-hydrogen) atoms. The van der Waals surface area contributed by atoms with E-state index in [1.165, 1.54) is 21.8 Å². The van der Waals surface area contributed by atoms with Crippen molar-refractivity contribution in [2.45, 2.75) is 55.1 Å². The van der Waals surface area contributed by atoms with Gasteiger partial charge in [-0.1, -0.05) is 0 Å². The third-order valence-corrected chi connectivity index (χ3v) is 9.78. The fraction of sp³-hybridized carbons (Fsp3) is 0.500. The molecule has 19 nitrogen and oxygen atoms in total. The van der Waals surface area contributed by atoms with Crippen LogP contribution in [0.3, 0.4) is 0 Å². The number of halogens is 1. The Morgan fingerprint density at radius 1 is 1.18 bits per heavy atom. The smallest absolute Gasteiger partial charge is 0.325 e. The molecule has 4 aromatic heterocycles. The zero-order valence-electron chi connectivity index (χ0n) is 21.8. The van der Waals surface area contributed by atoms with Crippen molar-refractivity contribution < 1.29 is 42.3 Å². The van der Waals surface area contributed by atoms with E-state index in [0.29, 0.717) is 0 Å². The Balaban J connectivity index is 1.10. The van der Waals surface area contributed by atoms with Gasteiger partial charge in [0.2, 0.25) is 5.95 Å². The lowest BCUT2D eigenvalue weighted by molar-refractivity contribution is -0.0469. The summed E-state index contributed by atoms with van der Waals surface area (Å²) in [6, 6.07) is 0. The number of nitrogen functional groups attached to an aromatic ring is 1. The summed E-state index contributed by atoms with van der Waals surface area (Å²) >= 11 is 9.86. The lowest BCUT2D eigenvalue weighted by Crippen LogP contribution is -2.32. The number of aromatic nitrogens is 8. The van der Waals surface area contributed by atoms with Gasteiger partial charge in [-0.2, -0.15) is 4.98 Å². The van der Waals surface area contributed by atoms with Crippen molar-refractivity contribution in [3.8, 4) is 0 Å². The third-order valence-electron chi connectivity index (χ3n) is 7.49. The van der Waals surface area contributed by atoms with E-state index in [2.05, 4.69) is 41.7 Å². The number of aliphatic hydroxyl groups is 1. The molecule has 0 aromatic carbocycles. The van der Waals surface area contributed by atoms with Crippen LogP contribution in [-0.2, 0) is 46.7 Å². The quantitative estimate of drug-likeness (QED) is 0.110. The second kappa shape index (κ2) is 10.7. The number of ether oxygens (including phenoxy) is 2. The topological polar surface area (TPSA) is 260 Å². The summed E-state index contributed by atoms with van der Waals surface area (Å²) in [5, 5.41) is 11.2. The predicted octanol–water partition coefficient (Wildman–Crippen LogP) is -1.40. The highest BCUT2D eigenvalue weighted by atomic mass is 32.5. The molecule has 4 aromatic rings. The summed E-state index contributed by atoms with van der Waals surface area (Å²) in [6.45, 7) is -4.80. The van der Waals surface area contributed by atoms with Crippen LogP contribution in [0.1, 0.15) is 18.9 Å². The Morgan fingerprint density at radius 2 is 1.91 bits per heavy atom. The van der Waals surface area contributed by atoms with Gasteiger partial charge in [-0.15, -0.1) is 0 Å². The molecular weight excluding hydrogens is 671 g/mol. The van der Waals surface area contributed by atoms with Gasteiger partial charge in [-0.3, -0.25) is 32.8 Å². The van der Waals surface area contributed by atoms with Gasteiger partial charge in [0, 0.05) is 6.42 Å². The van der Waals surface area contributed by atoms with Crippen molar-refractivity contribution in [3.63, 3.8) is 0 Å². The highest BCUT2D eigenvalue weighted by Gasteiger charge is 2.74. The molecule has 0 spiro atoms. The van der Waals surface area contributed by atoms with Crippen molar-refractivity contribution >= 4 is 65.8 Å². The molecule has 7 N–H and O–H groups in total. The highest BCUT2D eigenvalue weighted by molar-refractivity contribution is 8.07. The van der Waals surface area contributed by atoms with Gasteiger partial charge in [-0.05, 0) is 23.6 Å². The summed E-state index contributed by atoms with van der Waals surface area (Å²) in [6.07, 6.45) is -5.62. The Kier molecular flexibility index (Phi) is 7.35. The zero-order valence-corrected chi connectivity index (χ0v) is 25.3. The molecule has 6 heterocycles. The van der Waals surface area contributed by atoms with Gasteiger partial charge >= 0.3 is 6.72 Å². The van der Waals surface area contributed by atoms with E-state index in [-0.39, 0.29) is 34.7 Å². The largest absolute Gasteiger partial charge is 0.384 e. The molecular formula is C20H22FN9O10P2S2. The van der Waals surface area contributed by atoms with Crippen LogP contribution in [0, 0.1) is 0 Å². The van der Waals surface area contributed by atoms with E-state index in [4.69, 9.17) is 40.6 Å². The minimum absolute atomic E-state index is 0.0349. The van der Waals surface area contributed by atoms with Crippen molar-refractivity contribution in [2.24, 2.45) is 0 Å². The number of hydrogen-bond acceptors (Lipinski definition) is 15. The molecule has 3 unspecified atom stereocenters. The van der Waals surface area contributed by atoms with E-state index in [0.717, 1.165) is 6.33 Å². The summed E-state index contributed by atoms with van der Waals surface area (Å²) in [7, 11) is -2.62.